The molecule has 0 unspecified atom stereocenters. The topological polar surface area (TPSA) is 53.6 Å². The lowest BCUT2D eigenvalue weighted by Gasteiger charge is -2.18. The number of ether oxygens (including phenoxy) is 1. The van der Waals surface area contributed by atoms with E-state index in [1.165, 1.54) is 0 Å². The van der Waals surface area contributed by atoms with Crippen molar-refractivity contribution < 1.29 is 9.53 Å². The SMILES string of the molecule is CCN(CC)CCNC(=O)NCCCOc1ccccc1Cl. The van der Waals surface area contributed by atoms with Gasteiger partial charge in [-0.2, -0.15) is 0 Å². The molecule has 2 N–H and O–H groups in total. The Bertz CT molecular complexity index is 439. The average Bonchev–Trinajstić information content (AvgIpc) is 2.53. The lowest BCUT2D eigenvalue weighted by atomic mass is 10.3. The summed E-state index contributed by atoms with van der Waals surface area (Å²) in [6, 6.07) is 7.22. The number of carbonyl (C=O) groups is 1. The number of benzene rings is 1. The first-order valence-corrected chi connectivity index (χ1v) is 8.16. The maximum Gasteiger partial charge on any atom is 0.314 e. The van der Waals surface area contributed by atoms with E-state index in [-0.39, 0.29) is 6.03 Å². The molecule has 0 fully saturated rings. The molecule has 0 aliphatic rings. The van der Waals surface area contributed by atoms with Gasteiger partial charge in [0.25, 0.3) is 0 Å². The van der Waals surface area contributed by atoms with Crippen molar-refractivity contribution in [2.75, 3.05) is 39.3 Å². The summed E-state index contributed by atoms with van der Waals surface area (Å²) in [5, 5.41) is 6.26. The number of amides is 2. The van der Waals surface area contributed by atoms with Crippen LogP contribution in [0.25, 0.3) is 0 Å². The highest BCUT2D eigenvalue weighted by Crippen LogP contribution is 2.22. The van der Waals surface area contributed by atoms with E-state index in [1.54, 1.807) is 6.07 Å². The van der Waals surface area contributed by atoms with Gasteiger partial charge in [0.15, 0.2) is 0 Å². The maximum absolute atomic E-state index is 11.6. The van der Waals surface area contributed by atoms with Crippen LogP contribution in [-0.2, 0) is 0 Å². The normalized spacial score (nSPS) is 10.5. The van der Waals surface area contributed by atoms with Crippen molar-refractivity contribution in [3.63, 3.8) is 0 Å². The summed E-state index contributed by atoms with van der Waals surface area (Å²) in [5.74, 6) is 0.674. The molecule has 0 saturated heterocycles. The third-order valence-electron chi connectivity index (χ3n) is 3.31. The zero-order chi connectivity index (χ0) is 16.2. The molecule has 0 aliphatic heterocycles. The fourth-order valence-electron chi connectivity index (χ4n) is 1.95. The number of nitrogens with zero attached hydrogens (tertiary/aromatic N) is 1. The van der Waals surface area contributed by atoms with Crippen LogP contribution in [0.3, 0.4) is 0 Å². The Morgan fingerprint density at radius 2 is 1.86 bits per heavy atom. The minimum atomic E-state index is -0.134. The second-order valence-electron chi connectivity index (χ2n) is 4.84. The van der Waals surface area contributed by atoms with E-state index in [4.69, 9.17) is 16.3 Å². The molecule has 6 heteroatoms. The van der Waals surface area contributed by atoms with Crippen LogP contribution in [0.4, 0.5) is 4.79 Å². The van der Waals surface area contributed by atoms with Gasteiger partial charge in [-0.15, -0.1) is 0 Å². The first-order chi connectivity index (χ1) is 10.7. The van der Waals surface area contributed by atoms with Gasteiger partial charge in [-0.05, 0) is 31.6 Å². The average molecular weight is 328 g/mol. The summed E-state index contributed by atoms with van der Waals surface area (Å²) in [6.45, 7) is 8.84. The molecule has 0 saturated carbocycles. The van der Waals surface area contributed by atoms with Gasteiger partial charge in [0, 0.05) is 19.6 Å². The van der Waals surface area contributed by atoms with E-state index in [9.17, 15) is 4.79 Å². The number of urea groups is 1. The van der Waals surface area contributed by atoms with Gasteiger partial charge < -0.3 is 20.3 Å². The van der Waals surface area contributed by atoms with E-state index >= 15 is 0 Å². The molecule has 22 heavy (non-hydrogen) atoms. The quantitative estimate of drug-likeness (QED) is 0.650. The number of para-hydroxylation sites is 1. The Morgan fingerprint density at radius 3 is 2.55 bits per heavy atom. The molecule has 0 bridgehead atoms. The van der Waals surface area contributed by atoms with Crippen LogP contribution >= 0.6 is 11.6 Å². The summed E-state index contributed by atoms with van der Waals surface area (Å²) in [7, 11) is 0. The largest absolute Gasteiger partial charge is 0.492 e. The molecule has 1 aromatic rings. The smallest absolute Gasteiger partial charge is 0.314 e. The number of likely N-dealkylation sites (N-methyl/N-ethyl adjacent to an activating group) is 1. The third-order valence-corrected chi connectivity index (χ3v) is 3.62. The van der Waals surface area contributed by atoms with Crippen molar-refractivity contribution in [1.82, 2.24) is 15.5 Å². The highest BCUT2D eigenvalue weighted by molar-refractivity contribution is 6.32. The second kappa shape index (κ2) is 11.2. The first-order valence-electron chi connectivity index (χ1n) is 7.78. The van der Waals surface area contributed by atoms with Gasteiger partial charge in [-0.25, -0.2) is 4.79 Å². The predicted octanol–water partition coefficient (Wildman–Crippen LogP) is 2.75. The fourth-order valence-corrected chi connectivity index (χ4v) is 2.14. The van der Waals surface area contributed by atoms with Crippen molar-refractivity contribution in [1.29, 1.82) is 0 Å². The first kappa shape index (κ1) is 18.6. The molecule has 0 radical (unpaired) electrons. The number of rotatable bonds is 10. The Labute approximate surface area is 138 Å². The van der Waals surface area contributed by atoms with Crippen LogP contribution in [0.1, 0.15) is 20.3 Å². The fraction of sp³-hybridized carbons (Fsp3) is 0.562. The van der Waals surface area contributed by atoms with Crippen molar-refractivity contribution in [2.45, 2.75) is 20.3 Å². The molecule has 0 aromatic heterocycles. The van der Waals surface area contributed by atoms with Gasteiger partial charge in [0.2, 0.25) is 0 Å². The molecule has 1 aromatic carbocycles. The molecule has 5 nitrogen and oxygen atoms in total. The van der Waals surface area contributed by atoms with Crippen molar-refractivity contribution in [3.05, 3.63) is 29.3 Å². The zero-order valence-electron chi connectivity index (χ0n) is 13.4. The van der Waals surface area contributed by atoms with Crippen LogP contribution < -0.4 is 15.4 Å². The molecule has 0 spiro atoms. The van der Waals surface area contributed by atoms with Crippen LogP contribution in [0.15, 0.2) is 24.3 Å². The van der Waals surface area contributed by atoms with Gasteiger partial charge in [0.1, 0.15) is 5.75 Å². The highest BCUT2D eigenvalue weighted by Gasteiger charge is 2.02. The van der Waals surface area contributed by atoms with E-state index in [1.807, 2.05) is 18.2 Å². The van der Waals surface area contributed by atoms with Gasteiger partial charge >= 0.3 is 6.03 Å². The summed E-state index contributed by atoms with van der Waals surface area (Å²) in [4.78, 5) is 13.8. The van der Waals surface area contributed by atoms with Crippen LogP contribution in [0.5, 0.6) is 5.75 Å². The van der Waals surface area contributed by atoms with Gasteiger partial charge in [-0.3, -0.25) is 0 Å². The second-order valence-corrected chi connectivity index (χ2v) is 5.25. The van der Waals surface area contributed by atoms with E-state index in [0.717, 1.165) is 26.1 Å². The highest BCUT2D eigenvalue weighted by atomic mass is 35.5. The van der Waals surface area contributed by atoms with Crippen molar-refractivity contribution in [3.8, 4) is 5.75 Å². The molecule has 0 atom stereocenters. The monoisotopic (exact) mass is 327 g/mol. The number of halogens is 1. The van der Waals surface area contributed by atoms with Gasteiger partial charge in [0.05, 0.1) is 11.6 Å². The molecule has 0 heterocycles. The standard InChI is InChI=1S/C16H26ClN3O2/c1-3-20(4-2)12-11-19-16(21)18-10-7-13-22-15-9-6-5-8-14(15)17/h5-6,8-9H,3-4,7,10-13H2,1-2H3,(H2,18,19,21). The molecule has 0 aliphatic carbocycles. The van der Waals surface area contributed by atoms with Crippen molar-refractivity contribution >= 4 is 17.6 Å². The van der Waals surface area contributed by atoms with Gasteiger partial charge in [-0.1, -0.05) is 37.6 Å². The molecular weight excluding hydrogens is 302 g/mol. The molecule has 2 amide bonds. The van der Waals surface area contributed by atoms with E-state index in [2.05, 4.69) is 29.4 Å². The summed E-state index contributed by atoms with van der Waals surface area (Å²) >= 11 is 5.99. The number of hydrogen-bond acceptors (Lipinski definition) is 3. The minimum absolute atomic E-state index is 0.134. The lowest BCUT2D eigenvalue weighted by molar-refractivity contribution is 0.235. The van der Waals surface area contributed by atoms with Crippen LogP contribution in [-0.4, -0.2) is 50.3 Å². The van der Waals surface area contributed by atoms with E-state index < -0.39 is 0 Å². The molecule has 124 valence electrons. The Hall–Kier alpha value is -1.46. The van der Waals surface area contributed by atoms with Crippen LogP contribution in [0, 0.1) is 0 Å². The predicted molar refractivity (Wildman–Crippen MR) is 90.8 cm³/mol. The minimum Gasteiger partial charge on any atom is -0.492 e. The number of carbonyl (C=O) groups excluding carboxylic acids is 1. The summed E-state index contributed by atoms with van der Waals surface area (Å²) in [5.41, 5.74) is 0. The van der Waals surface area contributed by atoms with Crippen LogP contribution in [0.2, 0.25) is 5.02 Å². The third kappa shape index (κ3) is 7.52. The van der Waals surface area contributed by atoms with E-state index in [0.29, 0.717) is 30.5 Å². The summed E-state index contributed by atoms with van der Waals surface area (Å²) < 4.78 is 5.55. The Kier molecular flexibility index (Phi) is 9.42. The zero-order valence-corrected chi connectivity index (χ0v) is 14.2. The molecule has 1 rings (SSSR count). The van der Waals surface area contributed by atoms with Crippen molar-refractivity contribution in [2.24, 2.45) is 0 Å². The number of nitrogens with one attached hydrogen (secondary N) is 2. The Balaban J connectivity index is 2.04. The molecular formula is C16H26ClN3O2. The summed E-state index contributed by atoms with van der Waals surface area (Å²) in [6.07, 6.45) is 0.731. The number of hydrogen-bond donors (Lipinski definition) is 2. The lowest BCUT2D eigenvalue weighted by Crippen LogP contribution is -2.40. The maximum atomic E-state index is 11.6. The Morgan fingerprint density at radius 1 is 1.18 bits per heavy atom.